The van der Waals surface area contributed by atoms with Gasteiger partial charge in [0, 0.05) is 11.5 Å². The number of nitrogens with two attached hydrogens (primary N) is 1. The number of aromatic nitrogens is 3. The molecule has 0 aliphatic carbocycles. The molecule has 0 saturated heterocycles. The zero-order valence-corrected chi connectivity index (χ0v) is 8.19. The van der Waals surface area contributed by atoms with Gasteiger partial charge in [-0.15, -0.1) is 0 Å². The number of carbonyl (C=O) groups is 1. The number of rotatable bonds is 2. The molecule has 1 rings (SSSR count). The number of amides is 1. The van der Waals surface area contributed by atoms with Gasteiger partial charge in [0.25, 0.3) is 5.91 Å². The summed E-state index contributed by atoms with van der Waals surface area (Å²) in [4.78, 5) is 11.1. The first-order valence-corrected chi connectivity index (χ1v) is 4.34. The Hall–Kier alpha value is -1.29. The van der Waals surface area contributed by atoms with Gasteiger partial charge in [0.05, 0.1) is 0 Å². The van der Waals surface area contributed by atoms with E-state index in [0.29, 0.717) is 18.5 Å². The van der Waals surface area contributed by atoms with Gasteiger partial charge in [0.15, 0.2) is 5.54 Å². The lowest BCUT2D eigenvalue weighted by Crippen LogP contribution is -2.59. The van der Waals surface area contributed by atoms with Crippen molar-refractivity contribution in [1.29, 1.82) is 0 Å². The Morgan fingerprint density at radius 2 is 2.13 bits per heavy atom. The molecule has 10 heteroatoms. The van der Waals surface area contributed by atoms with Gasteiger partial charge in [-0.3, -0.25) is 10.1 Å². The molecule has 1 heterocycles. The molecule has 0 spiro atoms. The van der Waals surface area contributed by atoms with Crippen LogP contribution in [0.25, 0.3) is 0 Å². The second-order valence-corrected chi connectivity index (χ2v) is 3.55. The summed E-state index contributed by atoms with van der Waals surface area (Å²) in [5.74, 6) is -1.41. The van der Waals surface area contributed by atoms with Crippen molar-refractivity contribution in [3.63, 3.8) is 0 Å². The summed E-state index contributed by atoms with van der Waals surface area (Å²) < 4.78 is 40.1. The first kappa shape index (κ1) is 11.8. The molecule has 1 aromatic heterocycles. The van der Waals surface area contributed by atoms with E-state index in [9.17, 15) is 18.0 Å². The molecule has 1 atom stereocenters. The first-order chi connectivity index (χ1) is 6.75. The molecule has 1 amide bonds. The molecule has 84 valence electrons. The SMILES string of the molecule is CC(N)(C(=O)Nc1nnns1)C(F)(F)F. The predicted molar refractivity (Wildman–Crippen MR) is 45.0 cm³/mol. The smallest absolute Gasteiger partial charge is 0.310 e. The highest BCUT2D eigenvalue weighted by molar-refractivity contribution is 7.09. The number of carbonyl (C=O) groups excluding carboxylic acids is 1. The van der Waals surface area contributed by atoms with Crippen molar-refractivity contribution < 1.29 is 18.0 Å². The summed E-state index contributed by atoms with van der Waals surface area (Å²) in [6, 6.07) is 0. The minimum atomic E-state index is -4.84. The van der Waals surface area contributed by atoms with Gasteiger partial charge in [-0.25, -0.2) is 0 Å². The van der Waals surface area contributed by atoms with E-state index in [2.05, 4.69) is 14.8 Å². The fraction of sp³-hybridized carbons (Fsp3) is 0.600. The third kappa shape index (κ3) is 2.39. The van der Waals surface area contributed by atoms with Crippen LogP contribution >= 0.6 is 11.5 Å². The second-order valence-electron chi connectivity index (χ2n) is 2.82. The lowest BCUT2D eigenvalue weighted by molar-refractivity contribution is -0.184. The van der Waals surface area contributed by atoms with Crippen LogP contribution in [0.5, 0.6) is 0 Å². The second kappa shape index (κ2) is 3.70. The normalized spacial score (nSPS) is 15.8. The highest BCUT2D eigenvalue weighted by Crippen LogP contribution is 2.28. The van der Waals surface area contributed by atoms with E-state index in [0.717, 1.165) is 0 Å². The molecule has 0 aromatic carbocycles. The van der Waals surface area contributed by atoms with Gasteiger partial charge in [-0.05, 0) is 12.1 Å². The van der Waals surface area contributed by atoms with Gasteiger partial charge < -0.3 is 5.73 Å². The van der Waals surface area contributed by atoms with E-state index < -0.39 is 17.6 Å². The van der Waals surface area contributed by atoms with Gasteiger partial charge >= 0.3 is 6.18 Å². The Balaban J connectivity index is 2.77. The summed E-state index contributed by atoms with van der Waals surface area (Å²) in [5.41, 5.74) is 1.88. The minimum Gasteiger partial charge on any atom is -0.310 e. The monoisotopic (exact) mass is 241 g/mol. The van der Waals surface area contributed by atoms with Gasteiger partial charge in [-0.2, -0.15) is 13.2 Å². The van der Waals surface area contributed by atoms with Crippen molar-refractivity contribution in [3.05, 3.63) is 0 Å². The highest BCUT2D eigenvalue weighted by atomic mass is 32.1. The summed E-state index contributed by atoms with van der Waals surface area (Å²) in [7, 11) is 0. The Labute approximate surface area is 85.8 Å². The molecule has 6 nitrogen and oxygen atoms in total. The van der Waals surface area contributed by atoms with Crippen molar-refractivity contribution in [1.82, 2.24) is 14.8 Å². The van der Waals surface area contributed by atoms with Crippen LogP contribution in [0, 0.1) is 0 Å². The van der Waals surface area contributed by atoms with Gasteiger partial charge in [0.1, 0.15) is 0 Å². The maximum absolute atomic E-state index is 12.3. The fourth-order valence-electron chi connectivity index (χ4n) is 0.538. The number of anilines is 1. The van der Waals surface area contributed by atoms with E-state index in [1.54, 1.807) is 0 Å². The first-order valence-electron chi connectivity index (χ1n) is 3.57. The molecule has 3 N–H and O–H groups in total. The zero-order chi connectivity index (χ0) is 11.7. The van der Waals surface area contributed by atoms with Crippen LogP contribution in [0.3, 0.4) is 0 Å². The third-order valence-electron chi connectivity index (χ3n) is 1.58. The zero-order valence-electron chi connectivity index (χ0n) is 7.37. The molecule has 0 fully saturated rings. The fourth-order valence-corrected chi connectivity index (χ4v) is 0.899. The largest absolute Gasteiger partial charge is 0.415 e. The molecule has 0 bridgehead atoms. The molecule has 0 aliphatic heterocycles. The summed E-state index contributed by atoms with van der Waals surface area (Å²) >= 11 is 0.651. The van der Waals surface area contributed by atoms with Crippen molar-refractivity contribution in [2.45, 2.75) is 18.6 Å². The summed E-state index contributed by atoms with van der Waals surface area (Å²) in [6.07, 6.45) is -4.84. The molecule has 0 radical (unpaired) electrons. The van der Waals surface area contributed by atoms with Gasteiger partial charge in [0.2, 0.25) is 5.13 Å². The van der Waals surface area contributed by atoms with E-state index in [1.807, 2.05) is 5.32 Å². The number of hydrogen-bond donors (Lipinski definition) is 2. The number of alkyl halides is 3. The quantitative estimate of drug-likeness (QED) is 0.768. The summed E-state index contributed by atoms with van der Waals surface area (Å²) in [5, 5.41) is 8.08. The van der Waals surface area contributed by atoms with Crippen molar-refractivity contribution >= 4 is 22.6 Å². The van der Waals surface area contributed by atoms with Crippen LogP contribution in [0.2, 0.25) is 0 Å². The van der Waals surface area contributed by atoms with Gasteiger partial charge in [-0.1, -0.05) is 9.59 Å². The lowest BCUT2D eigenvalue weighted by Gasteiger charge is -2.25. The van der Waals surface area contributed by atoms with Crippen molar-refractivity contribution in [2.75, 3.05) is 5.32 Å². The van der Waals surface area contributed by atoms with E-state index in [1.165, 1.54) is 0 Å². The van der Waals surface area contributed by atoms with Crippen LogP contribution in [-0.2, 0) is 4.79 Å². The van der Waals surface area contributed by atoms with Crippen molar-refractivity contribution in [2.24, 2.45) is 5.73 Å². The maximum Gasteiger partial charge on any atom is 0.415 e. The molecule has 0 aliphatic rings. The summed E-state index contributed by atoms with van der Waals surface area (Å²) in [6.45, 7) is 0.566. The Morgan fingerprint density at radius 3 is 2.53 bits per heavy atom. The lowest BCUT2D eigenvalue weighted by atomic mass is 10.0. The van der Waals surface area contributed by atoms with Crippen LogP contribution < -0.4 is 11.1 Å². The Bertz CT molecular complexity index is 348. The average molecular weight is 241 g/mol. The Morgan fingerprint density at radius 1 is 1.53 bits per heavy atom. The molecule has 1 aromatic rings. The van der Waals surface area contributed by atoms with E-state index in [4.69, 9.17) is 5.73 Å². The number of hydrogen-bond acceptors (Lipinski definition) is 6. The molecule has 15 heavy (non-hydrogen) atoms. The van der Waals surface area contributed by atoms with Crippen LogP contribution in [0.15, 0.2) is 0 Å². The Kier molecular flexibility index (Phi) is 2.90. The topological polar surface area (TPSA) is 93.8 Å². The standard InChI is InChI=1S/C5H6F3N5OS/c1-4(9,5(6,7)8)2(14)10-3-11-12-13-15-3/h9H2,1H3,(H,10,11,13,14). The van der Waals surface area contributed by atoms with E-state index in [-0.39, 0.29) is 5.13 Å². The molecular weight excluding hydrogens is 235 g/mol. The third-order valence-corrected chi connectivity index (χ3v) is 2.09. The molecular formula is C5H6F3N5OS. The van der Waals surface area contributed by atoms with E-state index >= 15 is 0 Å². The number of nitrogens with one attached hydrogen (secondary N) is 1. The molecule has 0 saturated carbocycles. The predicted octanol–water partition coefficient (Wildman–Crippen LogP) is 0.151. The number of nitrogens with zero attached hydrogens (tertiary/aromatic N) is 3. The van der Waals surface area contributed by atoms with Crippen LogP contribution in [0.1, 0.15) is 6.92 Å². The average Bonchev–Trinajstić information content (AvgIpc) is 2.54. The molecule has 1 unspecified atom stereocenters. The van der Waals surface area contributed by atoms with Crippen LogP contribution in [0.4, 0.5) is 18.3 Å². The number of halogens is 3. The highest BCUT2D eigenvalue weighted by Gasteiger charge is 2.54. The maximum atomic E-state index is 12.3. The van der Waals surface area contributed by atoms with Crippen molar-refractivity contribution in [3.8, 4) is 0 Å². The van der Waals surface area contributed by atoms with Crippen LogP contribution in [-0.4, -0.2) is 32.4 Å². The minimum absolute atomic E-state index is 0.138.